The Bertz CT molecular complexity index is 450. The largest absolute Gasteiger partial charge is 0.381 e. The third kappa shape index (κ3) is 4.41. The van der Waals surface area contributed by atoms with E-state index in [1.54, 1.807) is 0 Å². The Kier molecular flexibility index (Phi) is 6.89. The fraction of sp³-hybridized carbons (Fsp3) is 0.882. The molecule has 3 aliphatic rings. The van der Waals surface area contributed by atoms with Gasteiger partial charge in [-0.3, -0.25) is 9.59 Å². The Balaban J connectivity index is 0.00000208. The zero-order valence-corrected chi connectivity index (χ0v) is 15.1. The van der Waals surface area contributed by atoms with E-state index in [-0.39, 0.29) is 30.1 Å². The van der Waals surface area contributed by atoms with Gasteiger partial charge in [0.25, 0.3) is 0 Å². The summed E-state index contributed by atoms with van der Waals surface area (Å²) in [5.74, 6) is 0.857. The van der Waals surface area contributed by atoms with Crippen molar-refractivity contribution in [2.45, 2.75) is 38.5 Å². The Labute approximate surface area is 150 Å². The van der Waals surface area contributed by atoms with E-state index >= 15 is 0 Å². The van der Waals surface area contributed by atoms with Gasteiger partial charge >= 0.3 is 0 Å². The summed E-state index contributed by atoms with van der Waals surface area (Å²) in [4.78, 5) is 27.2. The summed E-state index contributed by atoms with van der Waals surface area (Å²) < 4.78 is 5.39. The van der Waals surface area contributed by atoms with Gasteiger partial charge in [-0.2, -0.15) is 0 Å². The van der Waals surface area contributed by atoms with Crippen molar-refractivity contribution in [3.8, 4) is 0 Å². The van der Waals surface area contributed by atoms with E-state index < -0.39 is 5.41 Å². The van der Waals surface area contributed by atoms with Crippen LogP contribution in [0.3, 0.4) is 0 Å². The molecule has 0 aromatic rings. The van der Waals surface area contributed by atoms with E-state index in [1.165, 1.54) is 12.8 Å². The van der Waals surface area contributed by atoms with Crippen molar-refractivity contribution in [1.29, 1.82) is 0 Å². The van der Waals surface area contributed by atoms with Crippen LogP contribution < -0.4 is 11.1 Å². The average Bonchev–Trinajstić information content (AvgIpc) is 3.44. The second kappa shape index (κ2) is 8.50. The number of likely N-dealkylation sites (tertiary alicyclic amines) is 1. The van der Waals surface area contributed by atoms with Crippen molar-refractivity contribution < 1.29 is 14.3 Å². The molecule has 2 amide bonds. The van der Waals surface area contributed by atoms with Crippen molar-refractivity contribution in [3.63, 3.8) is 0 Å². The van der Waals surface area contributed by atoms with E-state index in [0.29, 0.717) is 45.1 Å². The molecule has 1 saturated carbocycles. The number of ether oxygens (including phenoxy) is 1. The van der Waals surface area contributed by atoms with Gasteiger partial charge in [-0.05, 0) is 44.4 Å². The molecule has 3 N–H and O–H groups in total. The van der Waals surface area contributed by atoms with E-state index in [2.05, 4.69) is 5.32 Å². The fourth-order valence-electron chi connectivity index (χ4n) is 3.69. The smallest absolute Gasteiger partial charge is 0.230 e. The SMILES string of the molecule is Cl.NCC1(C(=O)N2CCCC(C(=O)NCC3CC3)C2)CCOCC1. The number of carbonyl (C=O) groups excluding carboxylic acids is 2. The van der Waals surface area contributed by atoms with Crippen molar-refractivity contribution in [2.24, 2.45) is 23.0 Å². The van der Waals surface area contributed by atoms with Gasteiger partial charge in [0.05, 0.1) is 11.3 Å². The lowest BCUT2D eigenvalue weighted by atomic mass is 9.78. The van der Waals surface area contributed by atoms with Gasteiger partial charge < -0.3 is 20.7 Å². The minimum absolute atomic E-state index is 0. The van der Waals surface area contributed by atoms with Crippen LogP contribution in [-0.4, -0.2) is 56.1 Å². The van der Waals surface area contributed by atoms with Gasteiger partial charge in [0.15, 0.2) is 0 Å². The summed E-state index contributed by atoms with van der Waals surface area (Å²) in [6.45, 7) is 3.65. The maximum Gasteiger partial charge on any atom is 0.230 e. The highest BCUT2D eigenvalue weighted by Crippen LogP contribution is 2.33. The topological polar surface area (TPSA) is 84.7 Å². The number of hydrogen-bond donors (Lipinski definition) is 2. The number of amides is 2. The van der Waals surface area contributed by atoms with E-state index in [9.17, 15) is 9.59 Å². The molecule has 1 aliphatic carbocycles. The lowest BCUT2D eigenvalue weighted by Crippen LogP contribution is -2.54. The van der Waals surface area contributed by atoms with E-state index in [0.717, 1.165) is 25.9 Å². The maximum atomic E-state index is 13.0. The first kappa shape index (κ1) is 19.5. The van der Waals surface area contributed by atoms with Crippen molar-refractivity contribution >= 4 is 24.2 Å². The minimum Gasteiger partial charge on any atom is -0.381 e. The van der Waals surface area contributed by atoms with Crippen LogP contribution in [0.4, 0.5) is 0 Å². The molecule has 0 aromatic carbocycles. The first-order valence-corrected chi connectivity index (χ1v) is 8.99. The number of piperidine rings is 1. The molecular weight excluding hydrogens is 330 g/mol. The van der Waals surface area contributed by atoms with Gasteiger partial charge in [-0.1, -0.05) is 0 Å². The Hall–Kier alpha value is -0.850. The molecule has 1 atom stereocenters. The summed E-state index contributed by atoms with van der Waals surface area (Å²) in [5, 5.41) is 3.06. The molecule has 0 radical (unpaired) electrons. The van der Waals surface area contributed by atoms with Crippen LogP contribution in [0.2, 0.25) is 0 Å². The van der Waals surface area contributed by atoms with Crippen LogP contribution in [-0.2, 0) is 14.3 Å². The molecular formula is C17H30ClN3O3. The Morgan fingerprint density at radius 2 is 1.92 bits per heavy atom. The van der Waals surface area contributed by atoms with Gasteiger partial charge in [-0.25, -0.2) is 0 Å². The molecule has 2 saturated heterocycles. The molecule has 138 valence electrons. The van der Waals surface area contributed by atoms with E-state index in [4.69, 9.17) is 10.5 Å². The number of nitrogens with two attached hydrogens (primary N) is 1. The average molecular weight is 360 g/mol. The van der Waals surface area contributed by atoms with Crippen LogP contribution in [0.1, 0.15) is 38.5 Å². The molecule has 6 nitrogen and oxygen atoms in total. The van der Waals surface area contributed by atoms with Crippen molar-refractivity contribution in [3.05, 3.63) is 0 Å². The molecule has 24 heavy (non-hydrogen) atoms. The minimum atomic E-state index is -0.482. The molecule has 2 heterocycles. The number of halogens is 1. The zero-order chi connectivity index (χ0) is 16.3. The summed E-state index contributed by atoms with van der Waals surface area (Å²) in [5.41, 5.74) is 5.46. The number of nitrogens with one attached hydrogen (secondary N) is 1. The third-order valence-corrected chi connectivity index (χ3v) is 5.64. The zero-order valence-electron chi connectivity index (χ0n) is 14.3. The summed E-state index contributed by atoms with van der Waals surface area (Å²) in [6.07, 6.45) is 5.62. The number of rotatable bonds is 5. The van der Waals surface area contributed by atoms with Gasteiger partial charge in [-0.15, -0.1) is 12.4 Å². The molecule has 1 unspecified atom stereocenters. The molecule has 0 aromatic heterocycles. The summed E-state index contributed by atoms with van der Waals surface area (Å²) in [7, 11) is 0. The highest BCUT2D eigenvalue weighted by Gasteiger charge is 2.43. The van der Waals surface area contributed by atoms with E-state index in [1.807, 2.05) is 4.90 Å². The lowest BCUT2D eigenvalue weighted by molar-refractivity contribution is -0.150. The fourth-order valence-corrected chi connectivity index (χ4v) is 3.69. The monoisotopic (exact) mass is 359 g/mol. The Morgan fingerprint density at radius 3 is 2.54 bits per heavy atom. The standard InChI is InChI=1S/C17H29N3O3.ClH/c18-12-17(5-8-23-9-6-17)16(22)20-7-1-2-14(11-20)15(21)19-10-13-3-4-13;/h13-14H,1-12,18H2,(H,19,21);1H. The van der Waals surface area contributed by atoms with Gasteiger partial charge in [0.1, 0.15) is 0 Å². The van der Waals surface area contributed by atoms with Crippen LogP contribution in [0.15, 0.2) is 0 Å². The normalized spacial score (nSPS) is 26.4. The molecule has 0 spiro atoms. The van der Waals surface area contributed by atoms with Crippen LogP contribution >= 0.6 is 12.4 Å². The van der Waals surface area contributed by atoms with Crippen molar-refractivity contribution in [1.82, 2.24) is 10.2 Å². The van der Waals surface area contributed by atoms with Gasteiger partial charge in [0, 0.05) is 39.4 Å². The highest BCUT2D eigenvalue weighted by molar-refractivity contribution is 5.85. The van der Waals surface area contributed by atoms with Crippen LogP contribution in [0.5, 0.6) is 0 Å². The van der Waals surface area contributed by atoms with Crippen LogP contribution in [0, 0.1) is 17.3 Å². The van der Waals surface area contributed by atoms with Gasteiger partial charge in [0.2, 0.25) is 11.8 Å². The molecule has 2 aliphatic heterocycles. The first-order chi connectivity index (χ1) is 11.1. The second-order valence-corrected chi connectivity index (χ2v) is 7.38. The molecule has 3 rings (SSSR count). The lowest BCUT2D eigenvalue weighted by Gasteiger charge is -2.41. The maximum absolute atomic E-state index is 13.0. The number of carbonyl (C=O) groups is 2. The third-order valence-electron chi connectivity index (χ3n) is 5.64. The Morgan fingerprint density at radius 1 is 1.21 bits per heavy atom. The number of nitrogens with zero attached hydrogens (tertiary/aromatic N) is 1. The predicted molar refractivity (Wildman–Crippen MR) is 93.8 cm³/mol. The summed E-state index contributed by atoms with van der Waals surface area (Å²) in [6, 6.07) is 0. The van der Waals surface area contributed by atoms with Crippen LogP contribution in [0.25, 0.3) is 0 Å². The second-order valence-electron chi connectivity index (χ2n) is 7.38. The molecule has 3 fully saturated rings. The highest BCUT2D eigenvalue weighted by atomic mass is 35.5. The molecule has 0 bridgehead atoms. The summed E-state index contributed by atoms with van der Waals surface area (Å²) >= 11 is 0. The number of hydrogen-bond acceptors (Lipinski definition) is 4. The first-order valence-electron chi connectivity index (χ1n) is 8.99. The van der Waals surface area contributed by atoms with Crippen molar-refractivity contribution in [2.75, 3.05) is 39.4 Å². The quantitative estimate of drug-likeness (QED) is 0.764. The predicted octanol–water partition coefficient (Wildman–Crippen LogP) is 0.928. The molecule has 7 heteroatoms.